The number of hydrogen-bond donors (Lipinski definition) is 1. The first-order valence-electron chi connectivity index (χ1n) is 9.58. The number of nitrogens with one attached hydrogen (secondary N) is 1. The molecule has 1 heterocycles. The van der Waals surface area contributed by atoms with Gasteiger partial charge in [0.15, 0.2) is 0 Å². The summed E-state index contributed by atoms with van der Waals surface area (Å²) in [6, 6.07) is 20.6. The lowest BCUT2D eigenvalue weighted by Gasteiger charge is -2.23. The molecule has 1 unspecified atom stereocenters. The van der Waals surface area contributed by atoms with Crippen LogP contribution in [0.25, 0.3) is 0 Å². The lowest BCUT2D eigenvalue weighted by atomic mass is 10.1. The van der Waals surface area contributed by atoms with E-state index in [0.717, 1.165) is 17.7 Å². The second kappa shape index (κ2) is 7.84. The molecule has 0 aliphatic carbocycles. The zero-order valence-electron chi connectivity index (χ0n) is 16.7. The molecular weight excluding hydrogens is 400 g/mol. The number of hydrogen-bond acceptors (Lipinski definition) is 4. The predicted molar refractivity (Wildman–Crippen MR) is 117 cm³/mol. The molecule has 1 N–H and O–H groups in total. The molecule has 1 aliphatic heterocycles. The van der Waals surface area contributed by atoms with Crippen LogP contribution in [-0.4, -0.2) is 27.5 Å². The Kier molecular flexibility index (Phi) is 5.22. The Balaban J connectivity index is 1.65. The minimum Gasteiger partial charge on any atom is -0.495 e. The maximum absolute atomic E-state index is 13.2. The van der Waals surface area contributed by atoms with Gasteiger partial charge in [0, 0.05) is 17.3 Å². The van der Waals surface area contributed by atoms with Gasteiger partial charge in [-0.15, -0.1) is 0 Å². The van der Waals surface area contributed by atoms with Crippen LogP contribution in [-0.2, 0) is 16.4 Å². The smallest absolute Gasteiger partial charge is 0.262 e. The molecule has 0 aromatic heterocycles. The topological polar surface area (TPSA) is 75.7 Å². The number of sulfonamides is 1. The number of carbonyl (C=O) groups is 1. The van der Waals surface area contributed by atoms with E-state index in [9.17, 15) is 13.2 Å². The van der Waals surface area contributed by atoms with Crippen LogP contribution in [0.4, 0.5) is 11.4 Å². The lowest BCUT2D eigenvalue weighted by Crippen LogP contribution is -2.35. The molecule has 154 valence electrons. The van der Waals surface area contributed by atoms with Gasteiger partial charge in [0.25, 0.3) is 15.9 Å². The maximum Gasteiger partial charge on any atom is 0.262 e. The highest BCUT2D eigenvalue weighted by atomic mass is 32.2. The summed E-state index contributed by atoms with van der Waals surface area (Å²) in [7, 11) is -2.43. The van der Waals surface area contributed by atoms with Crippen LogP contribution in [0.3, 0.4) is 0 Å². The normalized spacial score (nSPS) is 15.5. The van der Waals surface area contributed by atoms with E-state index >= 15 is 0 Å². The Morgan fingerprint density at radius 2 is 1.77 bits per heavy atom. The fourth-order valence-electron chi connectivity index (χ4n) is 3.74. The number of rotatable bonds is 5. The number of para-hydroxylation sites is 3. The SMILES string of the molecule is COc1ccccc1NS(=O)(=O)c1cccc(C(=O)N2c3ccccc3CC2C)c1. The number of fused-ring (bicyclic) bond motifs is 1. The van der Waals surface area contributed by atoms with Crippen LogP contribution < -0.4 is 14.4 Å². The number of amides is 1. The van der Waals surface area contributed by atoms with Crippen molar-refractivity contribution in [1.29, 1.82) is 0 Å². The van der Waals surface area contributed by atoms with Gasteiger partial charge in [0.1, 0.15) is 5.75 Å². The molecule has 1 amide bonds. The van der Waals surface area contributed by atoms with E-state index in [4.69, 9.17) is 4.74 Å². The van der Waals surface area contributed by atoms with E-state index < -0.39 is 10.0 Å². The zero-order valence-corrected chi connectivity index (χ0v) is 17.5. The molecule has 0 fully saturated rings. The largest absolute Gasteiger partial charge is 0.495 e. The fraction of sp³-hybridized carbons (Fsp3) is 0.174. The number of benzene rings is 3. The number of anilines is 2. The third-order valence-electron chi connectivity index (χ3n) is 5.17. The van der Waals surface area contributed by atoms with E-state index in [0.29, 0.717) is 17.0 Å². The van der Waals surface area contributed by atoms with Crippen molar-refractivity contribution >= 4 is 27.3 Å². The molecule has 3 aromatic carbocycles. The van der Waals surface area contributed by atoms with Gasteiger partial charge in [-0.3, -0.25) is 9.52 Å². The highest BCUT2D eigenvalue weighted by Crippen LogP contribution is 2.33. The maximum atomic E-state index is 13.2. The summed E-state index contributed by atoms with van der Waals surface area (Å²) in [4.78, 5) is 15.0. The highest BCUT2D eigenvalue weighted by Gasteiger charge is 2.31. The van der Waals surface area contributed by atoms with E-state index in [2.05, 4.69) is 4.72 Å². The zero-order chi connectivity index (χ0) is 21.3. The van der Waals surface area contributed by atoms with Gasteiger partial charge in [-0.1, -0.05) is 36.4 Å². The van der Waals surface area contributed by atoms with Gasteiger partial charge >= 0.3 is 0 Å². The van der Waals surface area contributed by atoms with Gasteiger partial charge in [-0.2, -0.15) is 0 Å². The molecular formula is C23H22N2O4S. The molecule has 6 nitrogen and oxygen atoms in total. The van der Waals surface area contributed by atoms with Crippen molar-refractivity contribution in [2.45, 2.75) is 24.3 Å². The van der Waals surface area contributed by atoms with E-state index in [1.807, 2.05) is 31.2 Å². The van der Waals surface area contributed by atoms with Crippen molar-refractivity contribution < 1.29 is 17.9 Å². The molecule has 1 atom stereocenters. The average Bonchev–Trinajstić information content (AvgIpc) is 3.09. The van der Waals surface area contributed by atoms with Gasteiger partial charge in [0.2, 0.25) is 0 Å². The minimum absolute atomic E-state index is 0.00173. The van der Waals surface area contributed by atoms with Crippen LogP contribution in [0.2, 0.25) is 0 Å². The predicted octanol–water partition coefficient (Wildman–Crippen LogP) is 4.09. The van der Waals surface area contributed by atoms with Crippen molar-refractivity contribution in [2.75, 3.05) is 16.7 Å². The number of nitrogens with zero attached hydrogens (tertiary/aromatic N) is 1. The Morgan fingerprint density at radius 1 is 1.03 bits per heavy atom. The van der Waals surface area contributed by atoms with Crippen LogP contribution in [0.5, 0.6) is 5.75 Å². The van der Waals surface area contributed by atoms with Crippen LogP contribution in [0, 0.1) is 0 Å². The van der Waals surface area contributed by atoms with E-state index in [-0.39, 0.29) is 16.8 Å². The molecule has 3 aromatic rings. The molecule has 0 saturated carbocycles. The van der Waals surface area contributed by atoms with Crippen molar-refractivity contribution in [3.8, 4) is 5.75 Å². The molecule has 30 heavy (non-hydrogen) atoms. The standard InChI is InChI=1S/C23H22N2O4S/c1-16-14-17-8-3-5-12-21(17)25(16)23(26)18-9-7-10-19(15-18)30(27,28)24-20-11-4-6-13-22(20)29-2/h3-13,15-16,24H,14H2,1-2H3. The van der Waals surface area contributed by atoms with Crippen molar-refractivity contribution in [2.24, 2.45) is 0 Å². The minimum atomic E-state index is -3.90. The third-order valence-corrected chi connectivity index (χ3v) is 6.53. The van der Waals surface area contributed by atoms with Gasteiger partial charge in [-0.05, 0) is 55.3 Å². The summed E-state index contributed by atoms with van der Waals surface area (Å²) in [5.74, 6) is 0.192. The van der Waals surface area contributed by atoms with E-state index in [1.54, 1.807) is 41.3 Å². The van der Waals surface area contributed by atoms with Crippen molar-refractivity contribution in [1.82, 2.24) is 0 Å². The van der Waals surface area contributed by atoms with Gasteiger partial charge in [0.05, 0.1) is 17.7 Å². The summed E-state index contributed by atoms with van der Waals surface area (Å²) in [5.41, 5.74) is 2.63. The molecule has 4 rings (SSSR count). The lowest BCUT2D eigenvalue weighted by molar-refractivity contribution is 0.0981. The van der Waals surface area contributed by atoms with Gasteiger partial charge in [-0.25, -0.2) is 8.42 Å². The molecule has 0 radical (unpaired) electrons. The van der Waals surface area contributed by atoms with Crippen LogP contribution in [0.15, 0.2) is 77.7 Å². The Bertz CT molecular complexity index is 1210. The first-order valence-corrected chi connectivity index (χ1v) is 11.1. The Hall–Kier alpha value is -3.32. The quantitative estimate of drug-likeness (QED) is 0.672. The van der Waals surface area contributed by atoms with Crippen molar-refractivity contribution in [3.05, 3.63) is 83.9 Å². The Labute approximate surface area is 176 Å². The molecule has 0 bridgehead atoms. The summed E-state index contributed by atoms with van der Waals surface area (Å²) in [6.07, 6.45) is 0.773. The molecule has 1 aliphatic rings. The number of carbonyl (C=O) groups excluding carboxylic acids is 1. The summed E-state index contributed by atoms with van der Waals surface area (Å²) in [6.45, 7) is 1.99. The Morgan fingerprint density at radius 3 is 2.57 bits per heavy atom. The summed E-state index contributed by atoms with van der Waals surface area (Å²) in [5, 5.41) is 0. The fourth-order valence-corrected chi connectivity index (χ4v) is 4.86. The highest BCUT2D eigenvalue weighted by molar-refractivity contribution is 7.92. The second-order valence-electron chi connectivity index (χ2n) is 7.19. The monoisotopic (exact) mass is 422 g/mol. The van der Waals surface area contributed by atoms with Gasteiger partial charge < -0.3 is 9.64 Å². The van der Waals surface area contributed by atoms with E-state index in [1.165, 1.54) is 19.2 Å². The average molecular weight is 423 g/mol. The van der Waals surface area contributed by atoms with Crippen LogP contribution in [0.1, 0.15) is 22.8 Å². The number of ether oxygens (including phenoxy) is 1. The first kappa shape index (κ1) is 20.0. The summed E-state index contributed by atoms with van der Waals surface area (Å²) >= 11 is 0. The molecule has 0 saturated heterocycles. The summed E-state index contributed by atoms with van der Waals surface area (Å²) < 4.78 is 33.6. The van der Waals surface area contributed by atoms with Crippen molar-refractivity contribution in [3.63, 3.8) is 0 Å². The second-order valence-corrected chi connectivity index (χ2v) is 8.87. The third kappa shape index (κ3) is 3.64. The van der Waals surface area contributed by atoms with Crippen LogP contribution >= 0.6 is 0 Å². The molecule has 0 spiro atoms. The number of methoxy groups -OCH3 is 1. The molecule has 7 heteroatoms. The first-order chi connectivity index (χ1) is 14.4.